The Morgan fingerprint density at radius 1 is 1.26 bits per heavy atom. The summed E-state index contributed by atoms with van der Waals surface area (Å²) < 4.78 is 16.2. The third-order valence-corrected chi connectivity index (χ3v) is 3.96. The Hall–Kier alpha value is -2.50. The van der Waals surface area contributed by atoms with Crippen LogP contribution in [0.5, 0.6) is 11.5 Å². The van der Waals surface area contributed by atoms with Gasteiger partial charge in [0.15, 0.2) is 11.5 Å². The number of ether oxygens (including phenoxy) is 2. The molecule has 1 aromatic carbocycles. The third kappa shape index (κ3) is 3.31. The van der Waals surface area contributed by atoms with E-state index in [1.165, 1.54) is 0 Å². The smallest absolute Gasteiger partial charge is 0.225 e. The molecule has 1 atom stereocenters. The van der Waals surface area contributed by atoms with Gasteiger partial charge in [-0.1, -0.05) is 11.2 Å². The van der Waals surface area contributed by atoms with Crippen molar-refractivity contribution in [1.29, 1.82) is 0 Å². The van der Waals surface area contributed by atoms with Crippen LogP contribution < -0.4 is 14.8 Å². The number of fused-ring (bicyclic) bond motifs is 1. The third-order valence-electron chi connectivity index (χ3n) is 3.96. The van der Waals surface area contributed by atoms with Crippen LogP contribution in [-0.2, 0) is 11.2 Å². The van der Waals surface area contributed by atoms with Crippen molar-refractivity contribution in [3.8, 4) is 11.5 Å². The Morgan fingerprint density at radius 2 is 2.00 bits per heavy atom. The molecule has 6 heteroatoms. The first-order valence-electron chi connectivity index (χ1n) is 7.65. The molecule has 0 aliphatic carbocycles. The van der Waals surface area contributed by atoms with Gasteiger partial charge in [-0.3, -0.25) is 4.79 Å². The predicted octanol–water partition coefficient (Wildman–Crippen LogP) is 2.48. The number of nitrogens with zero attached hydrogens (tertiary/aromatic N) is 1. The lowest BCUT2D eigenvalue weighted by molar-refractivity contribution is -0.121. The van der Waals surface area contributed by atoms with Crippen LogP contribution in [0.4, 0.5) is 0 Å². The molecule has 0 unspecified atom stereocenters. The number of benzene rings is 1. The van der Waals surface area contributed by atoms with Crippen molar-refractivity contribution in [1.82, 2.24) is 10.5 Å². The number of nitrogens with one attached hydrogen (secondary N) is 1. The Balaban J connectivity index is 1.66. The summed E-state index contributed by atoms with van der Waals surface area (Å²) in [6.45, 7) is 6.70. The number of hydrogen-bond acceptors (Lipinski definition) is 5. The van der Waals surface area contributed by atoms with Gasteiger partial charge in [-0.15, -0.1) is 0 Å². The van der Waals surface area contributed by atoms with Crippen LogP contribution >= 0.6 is 0 Å². The molecule has 1 aliphatic heterocycles. The minimum atomic E-state index is -0.126. The summed E-state index contributed by atoms with van der Waals surface area (Å²) in [5.41, 5.74) is 2.57. The number of hydrogen-bond donors (Lipinski definition) is 1. The highest BCUT2D eigenvalue weighted by atomic mass is 16.6. The van der Waals surface area contributed by atoms with Crippen molar-refractivity contribution in [3.63, 3.8) is 0 Å². The minimum Gasteiger partial charge on any atom is -0.486 e. The molecule has 0 radical (unpaired) electrons. The normalized spacial score (nSPS) is 14.4. The van der Waals surface area contributed by atoms with Crippen molar-refractivity contribution < 1.29 is 18.8 Å². The van der Waals surface area contributed by atoms with Gasteiger partial charge in [0.25, 0.3) is 0 Å². The molecule has 0 fully saturated rings. The first-order chi connectivity index (χ1) is 11.0. The van der Waals surface area contributed by atoms with Gasteiger partial charge in [0.1, 0.15) is 19.0 Å². The molecule has 1 aliphatic rings. The van der Waals surface area contributed by atoms with Crippen molar-refractivity contribution >= 4 is 5.91 Å². The van der Waals surface area contributed by atoms with Crippen molar-refractivity contribution in [2.24, 2.45) is 0 Å². The van der Waals surface area contributed by atoms with E-state index in [0.717, 1.165) is 28.3 Å². The minimum absolute atomic E-state index is 0.0678. The number of carbonyl (C=O) groups is 1. The number of aromatic nitrogens is 1. The molecule has 0 bridgehead atoms. The molecule has 0 saturated carbocycles. The number of aryl methyl sites for hydroxylation is 2. The standard InChI is InChI=1S/C17H20N2O4/c1-10(13-4-5-15-16(8-13)22-7-6-21-15)18-17(20)9-14-11(2)19-23-12(14)3/h4-5,8,10H,6-7,9H2,1-3H3,(H,18,20)/t10-/m1/s1. The van der Waals surface area contributed by atoms with Crippen LogP contribution in [0.15, 0.2) is 22.7 Å². The fourth-order valence-corrected chi connectivity index (χ4v) is 2.62. The summed E-state index contributed by atoms with van der Waals surface area (Å²) >= 11 is 0. The molecular weight excluding hydrogens is 296 g/mol. The van der Waals surface area contributed by atoms with E-state index in [2.05, 4.69) is 10.5 Å². The van der Waals surface area contributed by atoms with Crippen molar-refractivity contribution in [2.75, 3.05) is 13.2 Å². The molecule has 2 aromatic rings. The fourth-order valence-electron chi connectivity index (χ4n) is 2.62. The first kappa shape index (κ1) is 15.4. The highest BCUT2D eigenvalue weighted by molar-refractivity contribution is 5.79. The second-order valence-electron chi connectivity index (χ2n) is 5.67. The van der Waals surface area contributed by atoms with Crippen LogP contribution in [0.3, 0.4) is 0 Å². The van der Waals surface area contributed by atoms with Gasteiger partial charge >= 0.3 is 0 Å². The Bertz CT molecular complexity index is 704. The molecule has 122 valence electrons. The van der Waals surface area contributed by atoms with Gasteiger partial charge in [0.2, 0.25) is 5.91 Å². The van der Waals surface area contributed by atoms with Gasteiger partial charge in [-0.2, -0.15) is 0 Å². The zero-order valence-corrected chi connectivity index (χ0v) is 13.5. The summed E-state index contributed by atoms with van der Waals surface area (Å²) in [5.74, 6) is 2.08. The van der Waals surface area contributed by atoms with E-state index < -0.39 is 0 Å². The van der Waals surface area contributed by atoms with Crippen LogP contribution in [-0.4, -0.2) is 24.3 Å². The molecule has 6 nitrogen and oxygen atoms in total. The average Bonchev–Trinajstić information content (AvgIpc) is 2.86. The van der Waals surface area contributed by atoms with E-state index in [0.29, 0.717) is 19.0 Å². The zero-order valence-electron chi connectivity index (χ0n) is 13.5. The van der Waals surface area contributed by atoms with Gasteiger partial charge < -0.3 is 19.3 Å². The summed E-state index contributed by atoms with van der Waals surface area (Å²) in [4.78, 5) is 12.3. The molecule has 2 heterocycles. The van der Waals surface area contributed by atoms with Gasteiger partial charge in [0.05, 0.1) is 18.2 Å². The highest BCUT2D eigenvalue weighted by Crippen LogP contribution is 2.32. The van der Waals surface area contributed by atoms with Gasteiger partial charge in [-0.25, -0.2) is 0 Å². The second-order valence-corrected chi connectivity index (χ2v) is 5.67. The van der Waals surface area contributed by atoms with Crippen LogP contribution in [0.25, 0.3) is 0 Å². The number of carbonyl (C=O) groups excluding carboxylic acids is 1. The van der Waals surface area contributed by atoms with E-state index >= 15 is 0 Å². The monoisotopic (exact) mass is 316 g/mol. The molecule has 1 aromatic heterocycles. The maximum Gasteiger partial charge on any atom is 0.225 e. The lowest BCUT2D eigenvalue weighted by atomic mass is 10.1. The topological polar surface area (TPSA) is 73.6 Å². The molecule has 0 spiro atoms. The van der Waals surface area contributed by atoms with E-state index in [1.54, 1.807) is 0 Å². The van der Waals surface area contributed by atoms with E-state index in [-0.39, 0.29) is 18.4 Å². The molecular formula is C17H20N2O4. The predicted molar refractivity (Wildman–Crippen MR) is 83.7 cm³/mol. The van der Waals surface area contributed by atoms with Crippen LogP contribution in [0, 0.1) is 13.8 Å². The fraction of sp³-hybridized carbons (Fsp3) is 0.412. The number of amides is 1. The average molecular weight is 316 g/mol. The summed E-state index contributed by atoms with van der Waals surface area (Å²) in [5, 5.41) is 6.86. The van der Waals surface area contributed by atoms with Gasteiger partial charge in [-0.05, 0) is 38.5 Å². The lowest BCUT2D eigenvalue weighted by Gasteiger charge is -2.21. The van der Waals surface area contributed by atoms with E-state index in [9.17, 15) is 4.79 Å². The second kappa shape index (κ2) is 6.32. The number of rotatable bonds is 4. The van der Waals surface area contributed by atoms with Crippen molar-refractivity contribution in [2.45, 2.75) is 33.2 Å². The maximum atomic E-state index is 12.3. The maximum absolute atomic E-state index is 12.3. The zero-order chi connectivity index (χ0) is 16.4. The molecule has 1 amide bonds. The quantitative estimate of drug-likeness (QED) is 0.938. The summed E-state index contributed by atoms with van der Waals surface area (Å²) in [6.07, 6.45) is 0.260. The first-order valence-corrected chi connectivity index (χ1v) is 7.65. The molecule has 23 heavy (non-hydrogen) atoms. The molecule has 3 rings (SSSR count). The van der Waals surface area contributed by atoms with Crippen molar-refractivity contribution in [3.05, 3.63) is 40.8 Å². The summed E-state index contributed by atoms with van der Waals surface area (Å²) in [6, 6.07) is 5.60. The SMILES string of the molecule is Cc1noc(C)c1CC(=O)N[C@H](C)c1ccc2c(c1)OCCO2. The summed E-state index contributed by atoms with van der Waals surface area (Å²) in [7, 11) is 0. The van der Waals surface area contributed by atoms with E-state index in [4.69, 9.17) is 14.0 Å². The van der Waals surface area contributed by atoms with Crippen LogP contribution in [0.2, 0.25) is 0 Å². The Kier molecular flexibility index (Phi) is 4.23. The molecule has 0 saturated heterocycles. The van der Waals surface area contributed by atoms with E-state index in [1.807, 2.05) is 39.0 Å². The Morgan fingerprint density at radius 3 is 2.70 bits per heavy atom. The van der Waals surface area contributed by atoms with Crippen LogP contribution in [0.1, 0.15) is 35.5 Å². The van der Waals surface area contributed by atoms with Gasteiger partial charge in [0, 0.05) is 5.56 Å². The lowest BCUT2D eigenvalue weighted by Crippen LogP contribution is -2.28. The largest absolute Gasteiger partial charge is 0.486 e. The Labute approximate surface area is 134 Å². The molecule has 1 N–H and O–H groups in total. The highest BCUT2D eigenvalue weighted by Gasteiger charge is 2.18.